The average molecular weight is 273 g/mol. The van der Waals surface area contributed by atoms with E-state index in [0.29, 0.717) is 16.4 Å². The molecule has 19 heavy (non-hydrogen) atoms. The molecule has 1 aromatic carbocycles. The van der Waals surface area contributed by atoms with Crippen LogP contribution in [0, 0.1) is 11.3 Å². The summed E-state index contributed by atoms with van der Waals surface area (Å²) in [5.74, 6) is 0.553. The normalized spacial score (nSPS) is 11.7. The van der Waals surface area contributed by atoms with Gasteiger partial charge in [0.05, 0.1) is 17.8 Å². The maximum absolute atomic E-state index is 9.10. The molecule has 0 amide bonds. The van der Waals surface area contributed by atoms with E-state index in [4.69, 9.17) is 16.9 Å². The quantitative estimate of drug-likeness (QED) is 0.861. The largest absolute Gasteiger partial charge is 0.350 e. The van der Waals surface area contributed by atoms with Gasteiger partial charge < -0.3 is 4.90 Å². The number of nitriles is 1. The summed E-state index contributed by atoms with van der Waals surface area (Å²) in [6, 6.07) is 11.4. The minimum absolute atomic E-state index is 0.00231. The van der Waals surface area contributed by atoms with Crippen LogP contribution in [0.3, 0.4) is 0 Å². The standard InChI is InChI=1S/C14H13ClN4/c1-10(12-5-3-4-6-13(12)15)19(2)14-11(9-16)7-8-17-18-14/h3-8,10H,1-2H3. The second-order valence-electron chi connectivity index (χ2n) is 4.19. The molecule has 0 aliphatic rings. The van der Waals surface area contributed by atoms with Crippen molar-refractivity contribution in [1.82, 2.24) is 10.2 Å². The molecule has 1 atom stereocenters. The van der Waals surface area contributed by atoms with E-state index in [0.717, 1.165) is 5.56 Å². The lowest BCUT2D eigenvalue weighted by Gasteiger charge is -2.27. The van der Waals surface area contributed by atoms with Crippen molar-refractivity contribution in [3.8, 4) is 6.07 Å². The Hall–Kier alpha value is -2.12. The van der Waals surface area contributed by atoms with E-state index in [9.17, 15) is 0 Å². The van der Waals surface area contributed by atoms with E-state index in [1.54, 1.807) is 6.07 Å². The van der Waals surface area contributed by atoms with Crippen molar-refractivity contribution in [2.24, 2.45) is 0 Å². The number of benzene rings is 1. The molecule has 2 rings (SSSR count). The van der Waals surface area contributed by atoms with E-state index in [1.807, 2.05) is 43.1 Å². The average Bonchev–Trinajstić information content (AvgIpc) is 2.46. The summed E-state index contributed by atoms with van der Waals surface area (Å²) in [6.45, 7) is 2.01. The Balaban J connectivity index is 2.37. The Kier molecular flexibility index (Phi) is 3.98. The second kappa shape index (κ2) is 5.68. The Morgan fingerprint density at radius 3 is 2.74 bits per heavy atom. The van der Waals surface area contributed by atoms with Gasteiger partial charge in [0.1, 0.15) is 6.07 Å². The molecule has 0 spiro atoms. The fraction of sp³-hybridized carbons (Fsp3) is 0.214. The highest BCUT2D eigenvalue weighted by atomic mass is 35.5. The molecule has 0 saturated carbocycles. The lowest BCUT2D eigenvalue weighted by molar-refractivity contribution is 0.719. The molecular formula is C14H13ClN4. The number of aromatic nitrogens is 2. The predicted molar refractivity (Wildman–Crippen MR) is 75.0 cm³/mol. The van der Waals surface area contributed by atoms with Gasteiger partial charge in [-0.1, -0.05) is 29.8 Å². The van der Waals surface area contributed by atoms with Gasteiger partial charge in [0, 0.05) is 12.1 Å². The zero-order valence-electron chi connectivity index (χ0n) is 10.7. The van der Waals surface area contributed by atoms with Crippen molar-refractivity contribution in [3.05, 3.63) is 52.7 Å². The van der Waals surface area contributed by atoms with Gasteiger partial charge in [0.25, 0.3) is 0 Å². The number of anilines is 1. The number of hydrogen-bond acceptors (Lipinski definition) is 4. The first-order valence-corrected chi connectivity index (χ1v) is 6.22. The Bertz CT molecular complexity index is 621. The molecule has 96 valence electrons. The molecular weight excluding hydrogens is 260 g/mol. The number of hydrogen-bond donors (Lipinski definition) is 0. The lowest BCUT2D eigenvalue weighted by Crippen LogP contribution is -2.24. The molecule has 1 unspecified atom stereocenters. The summed E-state index contributed by atoms with van der Waals surface area (Å²) < 4.78 is 0. The monoisotopic (exact) mass is 272 g/mol. The van der Waals surface area contributed by atoms with Crippen LogP contribution in [0.1, 0.15) is 24.1 Å². The third kappa shape index (κ3) is 2.67. The fourth-order valence-corrected chi connectivity index (χ4v) is 2.17. The van der Waals surface area contributed by atoms with Gasteiger partial charge >= 0.3 is 0 Å². The molecule has 1 aromatic heterocycles. The maximum Gasteiger partial charge on any atom is 0.169 e. The van der Waals surface area contributed by atoms with Gasteiger partial charge in [-0.05, 0) is 24.6 Å². The Morgan fingerprint density at radius 1 is 1.32 bits per heavy atom. The maximum atomic E-state index is 9.10. The van der Waals surface area contributed by atoms with Crippen LogP contribution in [0.2, 0.25) is 5.02 Å². The third-order valence-corrected chi connectivity index (χ3v) is 3.44. The summed E-state index contributed by atoms with van der Waals surface area (Å²) in [5, 5.41) is 17.7. The van der Waals surface area contributed by atoms with E-state index in [1.165, 1.54) is 6.20 Å². The van der Waals surface area contributed by atoms with Crippen LogP contribution >= 0.6 is 11.6 Å². The minimum Gasteiger partial charge on any atom is -0.350 e. The van der Waals surface area contributed by atoms with Crippen molar-refractivity contribution in [1.29, 1.82) is 5.26 Å². The molecule has 0 N–H and O–H groups in total. The van der Waals surface area contributed by atoms with Gasteiger partial charge in [0.15, 0.2) is 5.82 Å². The zero-order valence-corrected chi connectivity index (χ0v) is 11.5. The summed E-state index contributed by atoms with van der Waals surface area (Å²) in [6.07, 6.45) is 1.51. The summed E-state index contributed by atoms with van der Waals surface area (Å²) in [5.41, 5.74) is 1.48. The minimum atomic E-state index is -0.00231. The molecule has 0 aliphatic heterocycles. The van der Waals surface area contributed by atoms with Crippen LogP contribution in [-0.2, 0) is 0 Å². The second-order valence-corrected chi connectivity index (χ2v) is 4.60. The van der Waals surface area contributed by atoms with E-state index >= 15 is 0 Å². The molecule has 0 radical (unpaired) electrons. The summed E-state index contributed by atoms with van der Waals surface area (Å²) in [4.78, 5) is 1.90. The first-order chi connectivity index (χ1) is 9.15. The predicted octanol–water partition coefficient (Wildman–Crippen LogP) is 3.20. The van der Waals surface area contributed by atoms with Crippen molar-refractivity contribution in [3.63, 3.8) is 0 Å². The van der Waals surface area contributed by atoms with Gasteiger partial charge in [-0.2, -0.15) is 10.4 Å². The third-order valence-electron chi connectivity index (χ3n) is 3.09. The Labute approximate surface area is 117 Å². The van der Waals surface area contributed by atoms with E-state index < -0.39 is 0 Å². The van der Waals surface area contributed by atoms with Gasteiger partial charge in [-0.15, -0.1) is 5.10 Å². The highest BCUT2D eigenvalue weighted by Gasteiger charge is 2.18. The van der Waals surface area contributed by atoms with Crippen molar-refractivity contribution < 1.29 is 0 Å². The number of nitrogens with zero attached hydrogens (tertiary/aromatic N) is 4. The molecule has 1 heterocycles. The highest BCUT2D eigenvalue weighted by molar-refractivity contribution is 6.31. The molecule has 0 bridgehead atoms. The summed E-state index contributed by atoms with van der Waals surface area (Å²) in [7, 11) is 1.87. The highest BCUT2D eigenvalue weighted by Crippen LogP contribution is 2.29. The van der Waals surface area contributed by atoms with Crippen LogP contribution in [0.5, 0.6) is 0 Å². The zero-order chi connectivity index (χ0) is 13.8. The summed E-state index contributed by atoms with van der Waals surface area (Å²) >= 11 is 6.20. The molecule has 5 heteroatoms. The lowest BCUT2D eigenvalue weighted by atomic mass is 10.1. The van der Waals surface area contributed by atoms with Crippen molar-refractivity contribution >= 4 is 17.4 Å². The van der Waals surface area contributed by atoms with Gasteiger partial charge in [-0.25, -0.2) is 0 Å². The molecule has 4 nitrogen and oxygen atoms in total. The Morgan fingerprint density at radius 2 is 2.05 bits per heavy atom. The molecule has 0 saturated heterocycles. The van der Waals surface area contributed by atoms with Crippen LogP contribution in [0.25, 0.3) is 0 Å². The fourth-order valence-electron chi connectivity index (χ4n) is 1.88. The number of rotatable bonds is 3. The van der Waals surface area contributed by atoms with Crippen molar-refractivity contribution in [2.75, 3.05) is 11.9 Å². The SMILES string of the molecule is CC(c1ccccc1Cl)N(C)c1nnccc1C#N. The van der Waals surface area contributed by atoms with Gasteiger partial charge in [-0.3, -0.25) is 0 Å². The molecule has 0 fully saturated rings. The smallest absolute Gasteiger partial charge is 0.169 e. The van der Waals surface area contributed by atoms with Crippen LogP contribution in [-0.4, -0.2) is 17.2 Å². The van der Waals surface area contributed by atoms with Crippen LogP contribution in [0.4, 0.5) is 5.82 Å². The molecule has 2 aromatic rings. The molecule has 0 aliphatic carbocycles. The number of halogens is 1. The topological polar surface area (TPSA) is 52.8 Å². The van der Waals surface area contributed by atoms with Gasteiger partial charge in [0.2, 0.25) is 0 Å². The van der Waals surface area contributed by atoms with Crippen molar-refractivity contribution in [2.45, 2.75) is 13.0 Å². The first kappa shape index (κ1) is 13.3. The first-order valence-electron chi connectivity index (χ1n) is 5.84. The van der Waals surface area contributed by atoms with E-state index in [2.05, 4.69) is 16.3 Å². The van der Waals surface area contributed by atoms with Crippen LogP contribution in [0.15, 0.2) is 36.5 Å². The van der Waals surface area contributed by atoms with E-state index in [-0.39, 0.29) is 6.04 Å². The van der Waals surface area contributed by atoms with Crippen LogP contribution < -0.4 is 4.90 Å².